The number of hydrogen-bond acceptors (Lipinski definition) is 5. The monoisotopic (exact) mass is 438 g/mol. The maximum atomic E-state index is 10.5. The number of carbonyl (C=O) groups is 1. The molecule has 0 saturated heterocycles. The van der Waals surface area contributed by atoms with Crippen molar-refractivity contribution in [2.24, 2.45) is 0 Å². The predicted molar refractivity (Wildman–Crippen MR) is 122 cm³/mol. The van der Waals surface area contributed by atoms with Gasteiger partial charge in [-0.3, -0.25) is 0 Å². The van der Waals surface area contributed by atoms with Crippen LogP contribution in [-0.2, 0) is 18.1 Å². The van der Waals surface area contributed by atoms with E-state index in [1.54, 1.807) is 6.08 Å². The molecule has 0 fully saturated rings. The molecule has 7 heteroatoms. The SMILES string of the molecule is CCO[Si](CCCCCCCCOc1ccc(C=CC(=O)O)cc1)(OCC)OCC. The van der Waals surface area contributed by atoms with Gasteiger partial charge in [0, 0.05) is 31.9 Å². The number of ether oxygens (including phenoxy) is 1. The Morgan fingerprint density at radius 3 is 1.93 bits per heavy atom. The molecule has 30 heavy (non-hydrogen) atoms. The van der Waals surface area contributed by atoms with Gasteiger partial charge in [-0.1, -0.05) is 37.8 Å². The van der Waals surface area contributed by atoms with Crippen LogP contribution in [0, 0.1) is 0 Å². The molecule has 0 unspecified atom stereocenters. The Hall–Kier alpha value is -1.67. The Morgan fingerprint density at radius 1 is 0.867 bits per heavy atom. The van der Waals surface area contributed by atoms with Gasteiger partial charge in [0.15, 0.2) is 0 Å². The lowest BCUT2D eigenvalue weighted by Crippen LogP contribution is -2.45. The fraction of sp³-hybridized carbons (Fsp3) is 0.609. The summed E-state index contributed by atoms with van der Waals surface area (Å²) in [6.07, 6.45) is 9.48. The van der Waals surface area contributed by atoms with Crippen LogP contribution >= 0.6 is 0 Å². The fourth-order valence-corrected chi connectivity index (χ4v) is 5.87. The first-order chi connectivity index (χ1) is 14.5. The van der Waals surface area contributed by atoms with Crippen molar-refractivity contribution in [3.63, 3.8) is 0 Å². The average Bonchev–Trinajstić information content (AvgIpc) is 2.72. The van der Waals surface area contributed by atoms with Gasteiger partial charge in [-0.05, 0) is 57.4 Å². The number of carboxylic acids is 1. The van der Waals surface area contributed by atoms with Crippen LogP contribution in [0.1, 0.15) is 64.9 Å². The predicted octanol–water partition coefficient (Wildman–Crippen LogP) is 5.55. The van der Waals surface area contributed by atoms with Crippen LogP contribution in [0.15, 0.2) is 30.3 Å². The average molecular weight is 439 g/mol. The molecule has 1 aromatic carbocycles. The summed E-state index contributed by atoms with van der Waals surface area (Å²) in [5, 5.41) is 8.64. The first-order valence-corrected chi connectivity index (χ1v) is 13.0. The van der Waals surface area contributed by atoms with E-state index in [4.69, 9.17) is 23.1 Å². The summed E-state index contributed by atoms with van der Waals surface area (Å²) in [5.41, 5.74) is 0.842. The minimum atomic E-state index is -2.48. The van der Waals surface area contributed by atoms with E-state index in [1.165, 1.54) is 12.8 Å². The van der Waals surface area contributed by atoms with Crippen molar-refractivity contribution in [2.45, 2.75) is 65.3 Å². The molecular formula is C23H38O6Si. The highest BCUT2D eigenvalue weighted by atomic mass is 28.4. The summed E-state index contributed by atoms with van der Waals surface area (Å²) in [4.78, 5) is 10.5. The van der Waals surface area contributed by atoms with E-state index in [0.717, 1.165) is 49.1 Å². The van der Waals surface area contributed by atoms with E-state index in [2.05, 4.69) is 0 Å². The molecular weight excluding hydrogens is 400 g/mol. The van der Waals surface area contributed by atoms with Gasteiger partial charge in [0.1, 0.15) is 5.75 Å². The van der Waals surface area contributed by atoms with Gasteiger partial charge in [0.05, 0.1) is 6.61 Å². The summed E-state index contributed by atoms with van der Waals surface area (Å²) in [6.45, 7) is 8.57. The molecule has 6 nitrogen and oxygen atoms in total. The third-order valence-electron chi connectivity index (χ3n) is 4.54. The molecule has 170 valence electrons. The Labute approximate surface area is 182 Å². The van der Waals surface area contributed by atoms with E-state index in [9.17, 15) is 4.79 Å². The molecule has 0 radical (unpaired) electrons. The molecule has 0 amide bonds. The summed E-state index contributed by atoms with van der Waals surface area (Å²) in [6, 6.07) is 8.33. The van der Waals surface area contributed by atoms with E-state index in [0.29, 0.717) is 26.4 Å². The fourth-order valence-electron chi connectivity index (χ4n) is 3.18. The van der Waals surface area contributed by atoms with Gasteiger partial charge < -0.3 is 23.1 Å². The Bertz CT molecular complexity index is 585. The first kappa shape index (κ1) is 26.4. The third kappa shape index (κ3) is 11.5. The molecule has 0 saturated carbocycles. The topological polar surface area (TPSA) is 74.2 Å². The largest absolute Gasteiger partial charge is 0.500 e. The van der Waals surface area contributed by atoms with Crippen LogP contribution in [0.5, 0.6) is 5.75 Å². The van der Waals surface area contributed by atoms with Gasteiger partial charge in [-0.2, -0.15) is 0 Å². The minimum Gasteiger partial charge on any atom is -0.494 e. The Balaban J connectivity index is 2.14. The number of aliphatic carboxylic acids is 1. The maximum absolute atomic E-state index is 10.5. The Morgan fingerprint density at radius 2 is 1.40 bits per heavy atom. The van der Waals surface area contributed by atoms with Crippen LogP contribution in [-0.4, -0.2) is 46.3 Å². The zero-order valence-electron chi connectivity index (χ0n) is 18.7. The van der Waals surface area contributed by atoms with Crippen LogP contribution < -0.4 is 4.74 Å². The zero-order chi connectivity index (χ0) is 22.1. The van der Waals surface area contributed by atoms with Gasteiger partial charge in [-0.25, -0.2) is 4.79 Å². The molecule has 0 aromatic heterocycles. The summed E-state index contributed by atoms with van der Waals surface area (Å²) < 4.78 is 23.4. The van der Waals surface area contributed by atoms with Gasteiger partial charge in [-0.15, -0.1) is 0 Å². The quantitative estimate of drug-likeness (QED) is 0.184. The highest BCUT2D eigenvalue weighted by Gasteiger charge is 2.39. The van der Waals surface area contributed by atoms with Crippen molar-refractivity contribution in [3.8, 4) is 5.75 Å². The van der Waals surface area contributed by atoms with Crippen molar-refractivity contribution in [1.29, 1.82) is 0 Å². The number of hydrogen-bond donors (Lipinski definition) is 1. The van der Waals surface area contributed by atoms with Crippen molar-refractivity contribution < 1.29 is 27.9 Å². The van der Waals surface area contributed by atoms with Gasteiger partial charge in [0.2, 0.25) is 0 Å². The van der Waals surface area contributed by atoms with E-state index < -0.39 is 14.8 Å². The maximum Gasteiger partial charge on any atom is 0.500 e. The highest BCUT2D eigenvalue weighted by Crippen LogP contribution is 2.21. The lowest BCUT2D eigenvalue weighted by molar-refractivity contribution is -0.131. The normalized spacial score (nSPS) is 11.8. The van der Waals surface area contributed by atoms with Crippen molar-refractivity contribution in [1.82, 2.24) is 0 Å². The van der Waals surface area contributed by atoms with E-state index >= 15 is 0 Å². The molecule has 0 aliphatic rings. The van der Waals surface area contributed by atoms with Gasteiger partial charge >= 0.3 is 14.8 Å². The molecule has 0 heterocycles. The molecule has 1 rings (SSSR count). The lowest BCUT2D eigenvalue weighted by atomic mass is 10.1. The number of unbranched alkanes of at least 4 members (excludes halogenated alkanes) is 5. The molecule has 1 N–H and O–H groups in total. The van der Waals surface area contributed by atoms with Crippen molar-refractivity contribution in [3.05, 3.63) is 35.9 Å². The molecule has 1 aromatic rings. The molecule has 0 spiro atoms. The summed E-state index contributed by atoms with van der Waals surface area (Å²) in [5.74, 6) is -0.138. The number of benzene rings is 1. The Kier molecular flexibility index (Phi) is 14.1. The van der Waals surface area contributed by atoms with Crippen LogP contribution in [0.2, 0.25) is 6.04 Å². The standard InChI is InChI=1S/C23H38O6Si/c1-4-27-30(28-5-2,29-6-3)20-12-10-8-7-9-11-19-26-22-16-13-21(14-17-22)15-18-23(24)25/h13-18H,4-12,19-20H2,1-3H3,(H,24,25). The molecule has 0 aliphatic carbocycles. The first-order valence-electron chi connectivity index (χ1n) is 11.1. The third-order valence-corrected chi connectivity index (χ3v) is 7.69. The van der Waals surface area contributed by atoms with Gasteiger partial charge in [0.25, 0.3) is 0 Å². The summed E-state index contributed by atoms with van der Waals surface area (Å²) in [7, 11) is -2.48. The van der Waals surface area contributed by atoms with E-state index in [1.807, 2.05) is 45.0 Å². The number of carboxylic acid groups (broad SMARTS) is 1. The second-order valence-corrected chi connectivity index (χ2v) is 9.67. The van der Waals surface area contributed by atoms with Crippen molar-refractivity contribution in [2.75, 3.05) is 26.4 Å². The van der Waals surface area contributed by atoms with Crippen LogP contribution in [0.3, 0.4) is 0 Å². The van der Waals surface area contributed by atoms with E-state index in [-0.39, 0.29) is 0 Å². The molecule has 0 aliphatic heterocycles. The lowest BCUT2D eigenvalue weighted by Gasteiger charge is -2.28. The smallest absolute Gasteiger partial charge is 0.494 e. The number of rotatable bonds is 18. The van der Waals surface area contributed by atoms with Crippen LogP contribution in [0.25, 0.3) is 6.08 Å². The second kappa shape index (κ2) is 16.1. The summed E-state index contributed by atoms with van der Waals surface area (Å²) >= 11 is 0. The second-order valence-electron chi connectivity index (χ2n) is 6.94. The minimum absolute atomic E-state index is 0.633. The van der Waals surface area contributed by atoms with Crippen molar-refractivity contribution >= 4 is 20.8 Å². The molecule has 0 bridgehead atoms. The highest BCUT2D eigenvalue weighted by molar-refractivity contribution is 6.60. The van der Waals surface area contributed by atoms with Crippen LogP contribution in [0.4, 0.5) is 0 Å². The molecule has 0 atom stereocenters. The zero-order valence-corrected chi connectivity index (χ0v) is 19.7.